The largest absolute Gasteiger partial charge is 0.288 e. The molecule has 0 saturated heterocycles. The maximum Gasteiger partial charge on any atom is 0.258 e. The minimum atomic E-state index is -0.300. The SMILES string of the molecule is O=C1NC(=O)c2ccccc21.[Au].[K]. The average molecular weight is 383 g/mol. The third-order valence-electron chi connectivity index (χ3n) is 1.64. The van der Waals surface area contributed by atoms with Crippen molar-refractivity contribution in [2.24, 2.45) is 0 Å². The maximum atomic E-state index is 10.9. The Morgan fingerprint density at radius 2 is 1.31 bits per heavy atom. The van der Waals surface area contributed by atoms with Gasteiger partial charge < -0.3 is 0 Å². The molecule has 5 heteroatoms. The molecule has 0 atom stereocenters. The standard InChI is InChI=1S/C8H5NO2.Au.K/c10-7-5-3-1-2-4-6(5)8(11)9-7;;/h1-4H,(H,9,10,11);;. The van der Waals surface area contributed by atoms with Gasteiger partial charge in [-0.05, 0) is 12.1 Å². The van der Waals surface area contributed by atoms with Crippen LogP contribution in [0.4, 0.5) is 0 Å². The van der Waals surface area contributed by atoms with E-state index in [-0.39, 0.29) is 85.6 Å². The molecule has 1 heterocycles. The third-order valence-corrected chi connectivity index (χ3v) is 1.64. The van der Waals surface area contributed by atoms with Gasteiger partial charge in [-0.3, -0.25) is 14.9 Å². The van der Waals surface area contributed by atoms with Crippen LogP contribution in [0.5, 0.6) is 0 Å². The molecular formula is C8H5AuKNO2. The van der Waals surface area contributed by atoms with Crippen LogP contribution >= 0.6 is 0 Å². The summed E-state index contributed by atoms with van der Waals surface area (Å²) in [5, 5.41) is 2.20. The summed E-state index contributed by atoms with van der Waals surface area (Å²) in [6, 6.07) is 6.74. The predicted molar refractivity (Wildman–Crippen MR) is 44.0 cm³/mol. The summed E-state index contributed by atoms with van der Waals surface area (Å²) in [6.45, 7) is 0. The molecule has 0 unspecified atom stereocenters. The van der Waals surface area contributed by atoms with Crippen molar-refractivity contribution in [1.29, 1.82) is 0 Å². The minimum Gasteiger partial charge on any atom is -0.288 e. The zero-order valence-corrected chi connectivity index (χ0v) is 12.2. The molecule has 0 bridgehead atoms. The topological polar surface area (TPSA) is 46.2 Å². The molecule has 0 saturated carbocycles. The molecule has 1 aromatic carbocycles. The number of hydrogen-bond donors (Lipinski definition) is 1. The molecule has 2 radical (unpaired) electrons. The Morgan fingerprint density at radius 1 is 0.923 bits per heavy atom. The molecular weight excluding hydrogens is 378 g/mol. The van der Waals surface area contributed by atoms with Gasteiger partial charge in [-0.15, -0.1) is 0 Å². The number of carbonyl (C=O) groups is 2. The fourth-order valence-corrected chi connectivity index (χ4v) is 1.12. The van der Waals surface area contributed by atoms with Crippen LogP contribution in [-0.2, 0) is 22.4 Å². The molecule has 1 aliphatic heterocycles. The first-order valence-corrected chi connectivity index (χ1v) is 3.24. The molecule has 2 rings (SSSR count). The third kappa shape index (κ3) is 2.61. The first-order chi connectivity index (χ1) is 5.29. The molecule has 1 N–H and O–H groups in total. The van der Waals surface area contributed by atoms with E-state index in [0.29, 0.717) is 11.1 Å². The smallest absolute Gasteiger partial charge is 0.258 e. The molecule has 0 fully saturated rings. The number of carbonyl (C=O) groups excluding carboxylic acids is 2. The molecule has 1 aromatic rings. The summed E-state index contributed by atoms with van der Waals surface area (Å²) in [6.07, 6.45) is 0. The predicted octanol–water partition coefficient (Wildman–Crippen LogP) is 0.187. The van der Waals surface area contributed by atoms with Gasteiger partial charge in [0, 0.05) is 73.8 Å². The Bertz CT molecular complexity index is 321. The number of fused-ring (bicyclic) bond motifs is 1. The van der Waals surface area contributed by atoms with Crippen LogP contribution in [0.15, 0.2) is 24.3 Å². The van der Waals surface area contributed by atoms with Crippen LogP contribution in [0.25, 0.3) is 0 Å². The van der Waals surface area contributed by atoms with Crippen LogP contribution < -0.4 is 5.32 Å². The van der Waals surface area contributed by atoms with E-state index in [1.54, 1.807) is 24.3 Å². The number of imide groups is 1. The Morgan fingerprint density at radius 3 is 1.69 bits per heavy atom. The van der Waals surface area contributed by atoms with Crippen LogP contribution in [0, 0.1) is 0 Å². The normalized spacial score (nSPS) is 12.3. The van der Waals surface area contributed by atoms with Crippen LogP contribution in [-0.4, -0.2) is 63.2 Å². The molecule has 0 aliphatic carbocycles. The van der Waals surface area contributed by atoms with Crippen molar-refractivity contribution in [3.8, 4) is 0 Å². The van der Waals surface area contributed by atoms with E-state index in [0.717, 1.165) is 0 Å². The van der Waals surface area contributed by atoms with Gasteiger partial charge in [-0.1, -0.05) is 12.1 Å². The first-order valence-electron chi connectivity index (χ1n) is 3.24. The van der Waals surface area contributed by atoms with Gasteiger partial charge in [0.1, 0.15) is 0 Å². The van der Waals surface area contributed by atoms with E-state index >= 15 is 0 Å². The molecule has 13 heavy (non-hydrogen) atoms. The van der Waals surface area contributed by atoms with Gasteiger partial charge in [-0.2, -0.15) is 0 Å². The van der Waals surface area contributed by atoms with Crippen molar-refractivity contribution < 1.29 is 32.0 Å². The van der Waals surface area contributed by atoms with Crippen molar-refractivity contribution in [2.45, 2.75) is 0 Å². The second-order valence-electron chi connectivity index (χ2n) is 2.33. The second-order valence-corrected chi connectivity index (χ2v) is 2.33. The van der Waals surface area contributed by atoms with E-state index in [9.17, 15) is 9.59 Å². The Hall–Kier alpha value is 0.737. The number of rotatable bonds is 0. The van der Waals surface area contributed by atoms with Crippen molar-refractivity contribution >= 4 is 63.2 Å². The number of amides is 2. The van der Waals surface area contributed by atoms with Crippen molar-refractivity contribution in [3.63, 3.8) is 0 Å². The van der Waals surface area contributed by atoms with Gasteiger partial charge in [0.2, 0.25) is 0 Å². The zero-order valence-electron chi connectivity index (χ0n) is 6.93. The Balaban J connectivity index is 0.000000720. The quantitative estimate of drug-likeness (QED) is 0.514. The summed E-state index contributed by atoms with van der Waals surface area (Å²) < 4.78 is 0. The van der Waals surface area contributed by atoms with Gasteiger partial charge >= 0.3 is 0 Å². The van der Waals surface area contributed by atoms with Crippen LogP contribution in [0.3, 0.4) is 0 Å². The molecule has 0 aromatic heterocycles. The van der Waals surface area contributed by atoms with E-state index in [2.05, 4.69) is 5.32 Å². The molecule has 66 valence electrons. The van der Waals surface area contributed by atoms with Crippen LogP contribution in [0.2, 0.25) is 0 Å². The Kier molecular flexibility index (Phi) is 5.89. The second kappa shape index (κ2) is 5.58. The van der Waals surface area contributed by atoms with Gasteiger partial charge in [0.15, 0.2) is 0 Å². The van der Waals surface area contributed by atoms with E-state index < -0.39 is 0 Å². The Labute approximate surface area is 134 Å². The molecule has 0 spiro atoms. The fraction of sp³-hybridized carbons (Fsp3) is 0. The van der Waals surface area contributed by atoms with Gasteiger partial charge in [0.05, 0.1) is 11.1 Å². The number of hydrogen-bond acceptors (Lipinski definition) is 2. The molecule has 1 aliphatic rings. The zero-order chi connectivity index (χ0) is 7.84. The van der Waals surface area contributed by atoms with Crippen molar-refractivity contribution in [1.82, 2.24) is 5.32 Å². The van der Waals surface area contributed by atoms with E-state index in [1.807, 2.05) is 0 Å². The van der Waals surface area contributed by atoms with Crippen molar-refractivity contribution in [3.05, 3.63) is 35.4 Å². The first kappa shape index (κ1) is 13.7. The van der Waals surface area contributed by atoms with E-state index in [4.69, 9.17) is 0 Å². The average Bonchev–Trinajstić information content (AvgIpc) is 2.30. The fourth-order valence-electron chi connectivity index (χ4n) is 1.12. The monoisotopic (exact) mass is 383 g/mol. The summed E-state index contributed by atoms with van der Waals surface area (Å²) in [7, 11) is 0. The van der Waals surface area contributed by atoms with Gasteiger partial charge in [0.25, 0.3) is 11.8 Å². The summed E-state index contributed by atoms with van der Waals surface area (Å²) in [4.78, 5) is 21.9. The van der Waals surface area contributed by atoms with Crippen molar-refractivity contribution in [2.75, 3.05) is 0 Å². The summed E-state index contributed by atoms with van der Waals surface area (Å²) >= 11 is 0. The maximum absolute atomic E-state index is 10.9. The number of nitrogens with one attached hydrogen (secondary N) is 1. The minimum absolute atomic E-state index is 0. The summed E-state index contributed by atoms with van der Waals surface area (Å²) in [5.41, 5.74) is 0.940. The summed E-state index contributed by atoms with van der Waals surface area (Å²) in [5.74, 6) is -0.601. The number of benzene rings is 1. The van der Waals surface area contributed by atoms with E-state index in [1.165, 1.54) is 0 Å². The molecule has 2 amide bonds. The molecule has 3 nitrogen and oxygen atoms in total. The van der Waals surface area contributed by atoms with Gasteiger partial charge in [-0.25, -0.2) is 0 Å². The van der Waals surface area contributed by atoms with Crippen LogP contribution in [0.1, 0.15) is 20.7 Å².